The number of carbonyl (C=O) groups excluding carboxylic acids is 2. The summed E-state index contributed by atoms with van der Waals surface area (Å²) in [4.78, 5) is 24.5. The van der Waals surface area contributed by atoms with Crippen LogP contribution < -0.4 is 14.2 Å². The van der Waals surface area contributed by atoms with Crippen LogP contribution in [-0.2, 0) is 15.0 Å². The van der Waals surface area contributed by atoms with Gasteiger partial charge in [0.05, 0.1) is 12.5 Å². The molecule has 5 nitrogen and oxygen atoms in total. The molecule has 0 unspecified atom stereocenters. The minimum Gasteiger partial charge on any atom is -0.497 e. The van der Waals surface area contributed by atoms with Crippen LogP contribution in [0.15, 0.2) is 66.7 Å². The van der Waals surface area contributed by atoms with Crippen LogP contribution >= 0.6 is 0 Å². The monoisotopic (exact) mass is 522 g/mol. The topological polar surface area (TPSA) is 61.8 Å². The van der Waals surface area contributed by atoms with E-state index in [0.29, 0.717) is 23.3 Å². The maximum absolute atomic E-state index is 14.9. The lowest BCUT2D eigenvalue weighted by molar-refractivity contribution is -0.144. The molecule has 3 rings (SSSR count). The molecule has 0 aliphatic rings. The zero-order valence-electron chi connectivity index (χ0n) is 22.4. The average Bonchev–Trinajstić information content (AvgIpc) is 2.89. The highest BCUT2D eigenvalue weighted by Crippen LogP contribution is 2.36. The van der Waals surface area contributed by atoms with Gasteiger partial charge in [-0.25, -0.2) is 13.6 Å². The summed E-state index contributed by atoms with van der Waals surface area (Å²) in [5.41, 5.74) is 0.306. The Bertz CT molecular complexity index is 1340. The van der Waals surface area contributed by atoms with Crippen LogP contribution in [0.3, 0.4) is 0 Å². The number of hydrogen-bond acceptors (Lipinski definition) is 5. The fourth-order valence-electron chi connectivity index (χ4n) is 3.52. The van der Waals surface area contributed by atoms with Crippen LogP contribution in [0.2, 0.25) is 0 Å². The molecule has 0 atom stereocenters. The third kappa shape index (κ3) is 6.65. The summed E-state index contributed by atoms with van der Waals surface area (Å²) < 4.78 is 45.3. The van der Waals surface area contributed by atoms with Gasteiger partial charge in [-0.15, -0.1) is 0 Å². The van der Waals surface area contributed by atoms with Gasteiger partial charge in [0, 0.05) is 11.5 Å². The van der Waals surface area contributed by atoms with Crippen LogP contribution in [-0.4, -0.2) is 19.0 Å². The van der Waals surface area contributed by atoms with E-state index in [1.807, 2.05) is 20.8 Å². The molecule has 7 heteroatoms. The van der Waals surface area contributed by atoms with E-state index in [1.54, 1.807) is 63.4 Å². The second kappa shape index (κ2) is 11.6. The Balaban J connectivity index is 1.73. The van der Waals surface area contributed by atoms with Crippen molar-refractivity contribution in [2.24, 2.45) is 5.41 Å². The van der Waals surface area contributed by atoms with Gasteiger partial charge in [0.1, 0.15) is 5.75 Å². The lowest BCUT2D eigenvalue weighted by Gasteiger charge is -2.27. The Morgan fingerprint density at radius 3 is 1.82 bits per heavy atom. The summed E-state index contributed by atoms with van der Waals surface area (Å²) in [6.07, 6.45) is 3.31. The third-order valence-electron chi connectivity index (χ3n) is 6.68. The van der Waals surface area contributed by atoms with Crippen molar-refractivity contribution in [3.05, 3.63) is 95.1 Å². The predicted molar refractivity (Wildman–Crippen MR) is 142 cm³/mol. The van der Waals surface area contributed by atoms with Crippen molar-refractivity contribution >= 4 is 18.0 Å². The molecule has 0 heterocycles. The largest absolute Gasteiger partial charge is 0.497 e. The van der Waals surface area contributed by atoms with E-state index >= 15 is 0 Å². The van der Waals surface area contributed by atoms with E-state index in [4.69, 9.17) is 14.2 Å². The summed E-state index contributed by atoms with van der Waals surface area (Å²) in [5.74, 6) is -2.36. The van der Waals surface area contributed by atoms with Gasteiger partial charge in [0.25, 0.3) is 0 Å². The second-order valence-electron chi connectivity index (χ2n) is 10.1. The average molecular weight is 523 g/mol. The van der Waals surface area contributed by atoms with Crippen LogP contribution in [0, 0.1) is 17.0 Å². The molecule has 0 spiro atoms. The Hall–Kier alpha value is -4.00. The summed E-state index contributed by atoms with van der Waals surface area (Å²) in [7, 11) is 1.56. The van der Waals surface area contributed by atoms with E-state index in [0.717, 1.165) is 5.56 Å². The molecule has 0 fully saturated rings. The molecule has 0 aliphatic heterocycles. The second-order valence-corrected chi connectivity index (χ2v) is 10.1. The minimum absolute atomic E-state index is 0.160. The normalized spacial score (nSPS) is 11.9. The number of halogens is 2. The Kier molecular flexibility index (Phi) is 8.71. The molecule has 0 amide bonds. The van der Waals surface area contributed by atoms with Gasteiger partial charge < -0.3 is 14.2 Å². The van der Waals surface area contributed by atoms with E-state index in [9.17, 15) is 18.4 Å². The standard InChI is InChI=1S/C31H32F2O5/c1-7-30(2,3)29(35)38-27-16-12-22(19-25(27)33)31(4,5)21-11-15-26(24(32)18-21)37-28(34)17-10-20-8-13-23(36-6)14-9-20/h8-19H,7H2,1-6H3/b17-10+. The number of hydrogen-bond donors (Lipinski definition) is 0. The molecule has 3 aromatic rings. The molecular formula is C31H32F2O5. The van der Waals surface area contributed by atoms with Crippen molar-refractivity contribution < 1.29 is 32.6 Å². The van der Waals surface area contributed by atoms with Crippen LogP contribution in [0.4, 0.5) is 8.78 Å². The van der Waals surface area contributed by atoms with E-state index in [1.165, 1.54) is 30.3 Å². The van der Waals surface area contributed by atoms with E-state index in [2.05, 4.69) is 0 Å². The Labute approximate surface area is 222 Å². The molecule has 3 aromatic carbocycles. The first-order chi connectivity index (χ1) is 17.9. The van der Waals surface area contributed by atoms with Gasteiger partial charge in [-0.2, -0.15) is 0 Å². The van der Waals surface area contributed by atoms with Crippen molar-refractivity contribution in [3.63, 3.8) is 0 Å². The molecule has 0 bridgehead atoms. The third-order valence-corrected chi connectivity index (χ3v) is 6.68. The quantitative estimate of drug-likeness (QED) is 0.168. The molecule has 0 saturated heterocycles. The first kappa shape index (κ1) is 28.6. The molecule has 200 valence electrons. The molecule has 38 heavy (non-hydrogen) atoms. The Morgan fingerprint density at radius 1 is 0.816 bits per heavy atom. The number of carbonyl (C=O) groups is 2. The summed E-state index contributed by atoms with van der Waals surface area (Å²) in [5, 5.41) is 0. The predicted octanol–water partition coefficient (Wildman–Crippen LogP) is 7.26. The highest BCUT2D eigenvalue weighted by atomic mass is 19.1. The van der Waals surface area contributed by atoms with Crippen molar-refractivity contribution in [1.82, 2.24) is 0 Å². The van der Waals surface area contributed by atoms with Gasteiger partial charge in [0.2, 0.25) is 0 Å². The SMILES string of the molecule is CCC(C)(C)C(=O)Oc1ccc(C(C)(C)c2ccc(OC(=O)/C=C/c3ccc(OC)cc3)c(F)c2)cc1F. The number of rotatable bonds is 9. The lowest BCUT2D eigenvalue weighted by Crippen LogP contribution is -2.28. The number of benzene rings is 3. The molecule has 0 saturated carbocycles. The summed E-state index contributed by atoms with van der Waals surface area (Å²) >= 11 is 0. The number of ether oxygens (including phenoxy) is 3. The van der Waals surface area contributed by atoms with Crippen molar-refractivity contribution in [1.29, 1.82) is 0 Å². The van der Waals surface area contributed by atoms with Crippen LogP contribution in [0.1, 0.15) is 57.7 Å². The highest BCUT2D eigenvalue weighted by Gasteiger charge is 2.30. The van der Waals surface area contributed by atoms with Gasteiger partial charge in [-0.1, -0.05) is 45.0 Å². The summed E-state index contributed by atoms with van der Waals surface area (Å²) in [6.45, 7) is 8.94. The van der Waals surface area contributed by atoms with Gasteiger partial charge in [0.15, 0.2) is 23.1 Å². The zero-order valence-corrected chi connectivity index (χ0v) is 22.4. The summed E-state index contributed by atoms with van der Waals surface area (Å²) in [6, 6.07) is 15.6. The lowest BCUT2D eigenvalue weighted by atomic mass is 9.78. The number of esters is 2. The number of methoxy groups -OCH3 is 1. The van der Waals surface area contributed by atoms with Gasteiger partial charge in [-0.3, -0.25) is 4.79 Å². The first-order valence-electron chi connectivity index (χ1n) is 12.2. The maximum Gasteiger partial charge on any atom is 0.336 e. The van der Waals surface area contributed by atoms with Crippen LogP contribution in [0.25, 0.3) is 6.08 Å². The molecule has 0 aromatic heterocycles. The van der Waals surface area contributed by atoms with E-state index < -0.39 is 34.4 Å². The van der Waals surface area contributed by atoms with Crippen molar-refractivity contribution in [2.75, 3.05) is 7.11 Å². The highest BCUT2D eigenvalue weighted by molar-refractivity contribution is 5.88. The fraction of sp³-hybridized carbons (Fsp3) is 0.290. The zero-order chi connectivity index (χ0) is 28.1. The van der Waals surface area contributed by atoms with Crippen molar-refractivity contribution in [3.8, 4) is 17.2 Å². The van der Waals surface area contributed by atoms with Gasteiger partial charge in [-0.05, 0) is 79.4 Å². The Morgan fingerprint density at radius 2 is 1.34 bits per heavy atom. The smallest absolute Gasteiger partial charge is 0.336 e. The first-order valence-corrected chi connectivity index (χ1v) is 12.2. The van der Waals surface area contributed by atoms with Gasteiger partial charge >= 0.3 is 11.9 Å². The molecule has 0 N–H and O–H groups in total. The van der Waals surface area contributed by atoms with Crippen molar-refractivity contribution in [2.45, 2.75) is 46.5 Å². The molecule has 0 aliphatic carbocycles. The maximum atomic E-state index is 14.9. The van der Waals surface area contributed by atoms with E-state index in [-0.39, 0.29) is 11.5 Å². The molecular weight excluding hydrogens is 490 g/mol. The van der Waals surface area contributed by atoms with Crippen LogP contribution in [0.5, 0.6) is 17.2 Å². The molecule has 0 radical (unpaired) electrons. The fourth-order valence-corrected chi connectivity index (χ4v) is 3.52. The minimum atomic E-state index is -0.802.